The molecular weight excluding hydrogens is 216 g/mol. The summed E-state index contributed by atoms with van der Waals surface area (Å²) in [6.45, 7) is 8.65. The quantitative estimate of drug-likeness (QED) is 0.792. The molecular formula is C13H24N2O2. The Morgan fingerprint density at radius 2 is 1.94 bits per heavy atom. The Morgan fingerprint density at radius 3 is 2.41 bits per heavy atom. The molecule has 4 heteroatoms. The maximum absolute atomic E-state index is 12.2. The number of carbonyl (C=O) groups is 2. The van der Waals surface area contributed by atoms with E-state index in [2.05, 4.69) is 5.32 Å². The number of hydrogen-bond acceptors (Lipinski definition) is 2. The van der Waals surface area contributed by atoms with E-state index in [1.165, 1.54) is 0 Å². The van der Waals surface area contributed by atoms with E-state index in [9.17, 15) is 9.59 Å². The summed E-state index contributed by atoms with van der Waals surface area (Å²) in [6, 6.07) is -0.599. The van der Waals surface area contributed by atoms with Gasteiger partial charge in [0.2, 0.25) is 11.8 Å². The normalized spacial score (nSPS) is 26.9. The van der Waals surface area contributed by atoms with Crippen molar-refractivity contribution in [2.24, 2.45) is 5.92 Å². The van der Waals surface area contributed by atoms with Crippen LogP contribution >= 0.6 is 0 Å². The predicted molar refractivity (Wildman–Crippen MR) is 67.5 cm³/mol. The Hall–Kier alpha value is -1.06. The van der Waals surface area contributed by atoms with Gasteiger partial charge in [-0.3, -0.25) is 9.59 Å². The predicted octanol–water partition coefficient (Wildman–Crippen LogP) is 1.55. The van der Waals surface area contributed by atoms with E-state index >= 15 is 0 Å². The molecule has 1 aliphatic rings. The van der Waals surface area contributed by atoms with Crippen molar-refractivity contribution < 1.29 is 9.59 Å². The number of amides is 2. The fourth-order valence-corrected chi connectivity index (χ4v) is 2.42. The van der Waals surface area contributed by atoms with Crippen LogP contribution in [0.15, 0.2) is 0 Å². The molecule has 0 bridgehead atoms. The highest BCUT2D eigenvalue weighted by atomic mass is 16.2. The Labute approximate surface area is 104 Å². The first-order valence-electron chi connectivity index (χ1n) is 6.67. The molecule has 1 heterocycles. The van der Waals surface area contributed by atoms with Crippen LogP contribution in [-0.4, -0.2) is 35.3 Å². The number of nitrogens with zero attached hydrogens (tertiary/aromatic N) is 1. The number of hydrogen-bond donors (Lipinski definition) is 1. The number of piperazine rings is 1. The Balaban J connectivity index is 2.88. The average molecular weight is 240 g/mol. The second-order valence-electron chi connectivity index (χ2n) is 4.80. The molecule has 2 amide bonds. The summed E-state index contributed by atoms with van der Waals surface area (Å²) >= 11 is 0. The fraction of sp³-hybridized carbons (Fsp3) is 0.846. The maximum Gasteiger partial charge on any atom is 0.245 e. The first-order chi connectivity index (χ1) is 8.06. The van der Waals surface area contributed by atoms with Crippen LogP contribution in [0.1, 0.15) is 47.0 Å². The van der Waals surface area contributed by atoms with Crippen molar-refractivity contribution in [1.29, 1.82) is 0 Å². The first kappa shape index (κ1) is 14.0. The van der Waals surface area contributed by atoms with Gasteiger partial charge in [-0.1, -0.05) is 33.6 Å². The lowest BCUT2D eigenvalue weighted by Gasteiger charge is -2.41. The highest BCUT2D eigenvalue weighted by Crippen LogP contribution is 2.21. The van der Waals surface area contributed by atoms with Gasteiger partial charge in [-0.15, -0.1) is 0 Å². The van der Waals surface area contributed by atoms with Gasteiger partial charge >= 0.3 is 0 Å². The van der Waals surface area contributed by atoms with E-state index in [-0.39, 0.29) is 29.8 Å². The summed E-state index contributed by atoms with van der Waals surface area (Å²) < 4.78 is 0. The first-order valence-corrected chi connectivity index (χ1v) is 6.67. The zero-order valence-electron chi connectivity index (χ0n) is 11.3. The van der Waals surface area contributed by atoms with Crippen LogP contribution in [0.4, 0.5) is 0 Å². The third-order valence-corrected chi connectivity index (χ3v) is 3.60. The van der Waals surface area contributed by atoms with Crippen LogP contribution in [-0.2, 0) is 9.59 Å². The Kier molecular flexibility index (Phi) is 4.97. The van der Waals surface area contributed by atoms with Gasteiger partial charge in [-0.2, -0.15) is 0 Å². The third kappa shape index (κ3) is 2.79. The maximum atomic E-state index is 12.2. The lowest BCUT2D eigenvalue weighted by molar-refractivity contribution is -0.151. The van der Waals surface area contributed by atoms with Crippen LogP contribution in [0.3, 0.4) is 0 Å². The monoisotopic (exact) mass is 240 g/mol. The molecule has 0 aromatic heterocycles. The lowest BCUT2D eigenvalue weighted by atomic mass is 9.92. The van der Waals surface area contributed by atoms with E-state index in [0.717, 1.165) is 19.3 Å². The van der Waals surface area contributed by atoms with Crippen molar-refractivity contribution >= 4 is 11.8 Å². The second kappa shape index (κ2) is 6.03. The molecule has 3 atom stereocenters. The van der Waals surface area contributed by atoms with Crippen LogP contribution in [0.25, 0.3) is 0 Å². The lowest BCUT2D eigenvalue weighted by Crippen LogP contribution is -2.64. The molecule has 0 saturated carbocycles. The Morgan fingerprint density at radius 1 is 1.29 bits per heavy atom. The minimum atomic E-state index is -0.312. The zero-order chi connectivity index (χ0) is 13.0. The third-order valence-electron chi connectivity index (χ3n) is 3.60. The molecule has 4 nitrogen and oxygen atoms in total. The van der Waals surface area contributed by atoms with Crippen LogP contribution in [0, 0.1) is 5.92 Å². The fourth-order valence-electron chi connectivity index (χ4n) is 2.42. The topological polar surface area (TPSA) is 49.4 Å². The average Bonchev–Trinajstić information content (AvgIpc) is 2.32. The number of rotatable bonds is 5. The van der Waals surface area contributed by atoms with E-state index in [1.54, 1.807) is 4.90 Å². The van der Waals surface area contributed by atoms with E-state index < -0.39 is 0 Å². The van der Waals surface area contributed by atoms with E-state index in [0.29, 0.717) is 6.54 Å². The van der Waals surface area contributed by atoms with Gasteiger partial charge in [0.15, 0.2) is 0 Å². The molecule has 0 radical (unpaired) electrons. The summed E-state index contributed by atoms with van der Waals surface area (Å²) in [5.74, 6) is 0.306. The van der Waals surface area contributed by atoms with Gasteiger partial charge in [0, 0.05) is 6.54 Å². The van der Waals surface area contributed by atoms with Crippen molar-refractivity contribution in [3.8, 4) is 0 Å². The molecule has 1 aliphatic heterocycles. The van der Waals surface area contributed by atoms with Crippen LogP contribution in [0.5, 0.6) is 0 Å². The summed E-state index contributed by atoms with van der Waals surface area (Å²) in [6.07, 6.45) is 2.54. The molecule has 0 aromatic carbocycles. The molecule has 1 rings (SSSR count). The SMILES string of the molecule is CCCC1NC(=O)C(C(C)CC)N(CC)C1=O. The summed E-state index contributed by atoms with van der Waals surface area (Å²) in [5, 5.41) is 2.87. The number of likely N-dealkylation sites (N-methyl/N-ethyl adjacent to an activating group) is 1. The molecule has 3 unspecified atom stereocenters. The molecule has 0 aromatic rings. The minimum absolute atomic E-state index is 0.0132. The van der Waals surface area contributed by atoms with Gasteiger partial charge in [0.05, 0.1) is 0 Å². The van der Waals surface area contributed by atoms with E-state index in [4.69, 9.17) is 0 Å². The van der Waals surface area contributed by atoms with Crippen molar-refractivity contribution in [1.82, 2.24) is 10.2 Å². The largest absolute Gasteiger partial charge is 0.342 e. The van der Waals surface area contributed by atoms with Crippen LogP contribution in [0.2, 0.25) is 0 Å². The standard InChI is InChI=1S/C13H24N2O2/c1-5-8-10-13(17)15(7-3)11(9(4)6-2)12(16)14-10/h9-11H,5-8H2,1-4H3,(H,14,16). The molecule has 0 aliphatic carbocycles. The minimum Gasteiger partial charge on any atom is -0.342 e. The summed E-state index contributed by atoms with van der Waals surface area (Å²) in [5.41, 5.74) is 0. The highest BCUT2D eigenvalue weighted by Gasteiger charge is 2.41. The van der Waals surface area contributed by atoms with Crippen molar-refractivity contribution in [3.05, 3.63) is 0 Å². The molecule has 98 valence electrons. The van der Waals surface area contributed by atoms with Crippen molar-refractivity contribution in [2.75, 3.05) is 6.54 Å². The van der Waals surface area contributed by atoms with E-state index in [1.807, 2.05) is 27.7 Å². The summed E-state index contributed by atoms with van der Waals surface area (Å²) in [4.78, 5) is 26.1. The Bertz CT molecular complexity index is 291. The van der Waals surface area contributed by atoms with Crippen LogP contribution < -0.4 is 5.32 Å². The van der Waals surface area contributed by atoms with Gasteiger partial charge in [-0.05, 0) is 19.3 Å². The number of carbonyl (C=O) groups excluding carboxylic acids is 2. The molecule has 1 fully saturated rings. The van der Waals surface area contributed by atoms with Gasteiger partial charge in [-0.25, -0.2) is 0 Å². The smallest absolute Gasteiger partial charge is 0.245 e. The van der Waals surface area contributed by atoms with Gasteiger partial charge < -0.3 is 10.2 Å². The molecule has 1 saturated heterocycles. The molecule has 0 spiro atoms. The zero-order valence-corrected chi connectivity index (χ0v) is 11.3. The second-order valence-corrected chi connectivity index (χ2v) is 4.80. The molecule has 1 N–H and O–H groups in total. The number of nitrogens with one attached hydrogen (secondary N) is 1. The van der Waals surface area contributed by atoms with Crippen molar-refractivity contribution in [2.45, 2.75) is 59.0 Å². The molecule has 17 heavy (non-hydrogen) atoms. The van der Waals surface area contributed by atoms with Gasteiger partial charge in [0.1, 0.15) is 12.1 Å². The van der Waals surface area contributed by atoms with Gasteiger partial charge in [0.25, 0.3) is 0 Å². The summed E-state index contributed by atoms with van der Waals surface area (Å²) in [7, 11) is 0. The van der Waals surface area contributed by atoms with Crippen molar-refractivity contribution in [3.63, 3.8) is 0 Å². The highest BCUT2D eigenvalue weighted by molar-refractivity contribution is 5.97.